The number of benzene rings is 1. The Morgan fingerprint density at radius 2 is 1.96 bits per heavy atom. The fraction of sp³-hybridized carbons (Fsp3) is 0.450. The lowest BCUT2D eigenvalue weighted by atomic mass is 9.64. The lowest BCUT2D eigenvalue weighted by Gasteiger charge is -2.45. The van der Waals surface area contributed by atoms with E-state index in [-0.39, 0.29) is 17.7 Å². The third kappa shape index (κ3) is 2.97. The number of hydrogen-bond donors (Lipinski definition) is 2. The smallest absolute Gasteiger partial charge is 0.296 e. The zero-order chi connectivity index (χ0) is 19.0. The maximum Gasteiger partial charge on any atom is 0.296 e. The van der Waals surface area contributed by atoms with Gasteiger partial charge in [-0.15, -0.1) is 0 Å². The van der Waals surface area contributed by atoms with Crippen LogP contribution in [0.15, 0.2) is 29.1 Å². The normalized spacial score (nSPS) is 17.1. The second kappa shape index (κ2) is 6.72. The predicted octanol–water partition coefficient (Wildman–Crippen LogP) is 2.10. The van der Waals surface area contributed by atoms with Crippen LogP contribution in [-0.2, 0) is 18.5 Å². The van der Waals surface area contributed by atoms with Crippen molar-refractivity contribution < 1.29 is 14.6 Å². The van der Waals surface area contributed by atoms with E-state index in [9.17, 15) is 14.7 Å². The van der Waals surface area contributed by atoms with Crippen LogP contribution in [0.5, 0.6) is 11.5 Å². The molecule has 7 heteroatoms. The van der Waals surface area contributed by atoms with Gasteiger partial charge in [-0.05, 0) is 43.4 Å². The number of methoxy groups -OCH3 is 1. The third-order valence-electron chi connectivity index (χ3n) is 5.79. The van der Waals surface area contributed by atoms with E-state index < -0.39 is 17.2 Å². The highest BCUT2D eigenvalue weighted by Gasteiger charge is 2.44. The lowest BCUT2D eigenvalue weighted by molar-refractivity contribution is 0.0938. The van der Waals surface area contributed by atoms with Crippen molar-refractivity contribution in [3.63, 3.8) is 0 Å². The molecule has 142 valence electrons. The zero-order valence-electron chi connectivity index (χ0n) is 15.3. The van der Waals surface area contributed by atoms with E-state index in [1.807, 2.05) is 24.3 Å². The van der Waals surface area contributed by atoms with E-state index in [4.69, 9.17) is 4.74 Å². The van der Waals surface area contributed by atoms with Gasteiger partial charge in [0.25, 0.3) is 11.5 Å². The van der Waals surface area contributed by atoms with Crippen LogP contribution < -0.4 is 15.6 Å². The van der Waals surface area contributed by atoms with E-state index in [0.717, 1.165) is 43.4 Å². The Morgan fingerprint density at radius 1 is 1.26 bits per heavy atom. The number of hydrogen-bond acceptors (Lipinski definition) is 5. The number of aromatic nitrogens is 2. The molecule has 0 bridgehead atoms. The second-order valence-corrected chi connectivity index (χ2v) is 7.36. The molecule has 7 nitrogen and oxygen atoms in total. The summed E-state index contributed by atoms with van der Waals surface area (Å²) in [5, 5.41) is 13.0. The minimum absolute atomic E-state index is 0.101. The number of nitrogens with zero attached hydrogens (tertiary/aromatic N) is 2. The van der Waals surface area contributed by atoms with Gasteiger partial charge >= 0.3 is 0 Å². The molecule has 2 aromatic rings. The number of nitrogens with one attached hydrogen (secondary N) is 1. The molecule has 1 aromatic carbocycles. The maximum atomic E-state index is 12.6. The number of aromatic hydroxyl groups is 1. The van der Waals surface area contributed by atoms with Gasteiger partial charge < -0.3 is 15.2 Å². The highest BCUT2D eigenvalue weighted by Crippen LogP contribution is 2.48. The predicted molar refractivity (Wildman–Crippen MR) is 99.1 cm³/mol. The molecule has 2 N–H and O–H groups in total. The molecule has 27 heavy (non-hydrogen) atoms. The Bertz CT molecular complexity index is 929. The standard InChI is InChI=1S/C20H23N3O4/c1-27-14-6-4-13(5-7-14)12-21-17(25)15-16(24)18(26)23-11-3-10-20(8-2-9-20)19(23)22-15/h4-7,24H,2-3,8-12H2,1H3,(H,21,25). The summed E-state index contributed by atoms with van der Waals surface area (Å²) in [4.78, 5) is 29.7. The van der Waals surface area contributed by atoms with Crippen molar-refractivity contribution >= 4 is 5.91 Å². The highest BCUT2D eigenvalue weighted by atomic mass is 16.5. The van der Waals surface area contributed by atoms with Crippen LogP contribution in [0, 0.1) is 0 Å². The van der Waals surface area contributed by atoms with Gasteiger partial charge in [-0.3, -0.25) is 14.2 Å². The third-order valence-corrected chi connectivity index (χ3v) is 5.79. The van der Waals surface area contributed by atoms with Crippen molar-refractivity contribution in [2.45, 2.75) is 50.6 Å². The minimum Gasteiger partial charge on any atom is -0.501 e. The Morgan fingerprint density at radius 3 is 2.59 bits per heavy atom. The fourth-order valence-corrected chi connectivity index (χ4v) is 4.09. The molecule has 1 amide bonds. The largest absolute Gasteiger partial charge is 0.501 e. The summed E-state index contributed by atoms with van der Waals surface area (Å²) in [7, 11) is 1.59. The molecule has 2 heterocycles. The Hall–Kier alpha value is -2.83. The van der Waals surface area contributed by atoms with Gasteiger partial charge in [0, 0.05) is 18.5 Å². The fourth-order valence-electron chi connectivity index (χ4n) is 4.09. The molecule has 1 fully saturated rings. The molecule has 1 saturated carbocycles. The highest BCUT2D eigenvalue weighted by molar-refractivity contribution is 5.94. The van der Waals surface area contributed by atoms with Crippen molar-refractivity contribution in [3.05, 3.63) is 51.7 Å². The Kier molecular flexibility index (Phi) is 4.37. The van der Waals surface area contributed by atoms with E-state index >= 15 is 0 Å². The molecule has 0 unspecified atom stereocenters. The molecule has 1 spiro atoms. The zero-order valence-corrected chi connectivity index (χ0v) is 15.3. The summed E-state index contributed by atoms with van der Waals surface area (Å²) >= 11 is 0. The van der Waals surface area contributed by atoms with E-state index in [1.165, 1.54) is 0 Å². The number of carbonyl (C=O) groups is 1. The quantitative estimate of drug-likeness (QED) is 0.861. The Balaban J connectivity index is 1.59. The van der Waals surface area contributed by atoms with Crippen LogP contribution in [0.25, 0.3) is 0 Å². The lowest BCUT2D eigenvalue weighted by Crippen LogP contribution is -2.45. The van der Waals surface area contributed by atoms with Gasteiger partial charge in [0.2, 0.25) is 5.75 Å². The van der Waals surface area contributed by atoms with Crippen molar-refractivity contribution in [2.24, 2.45) is 0 Å². The van der Waals surface area contributed by atoms with Crippen LogP contribution in [0.4, 0.5) is 0 Å². The first kappa shape index (κ1) is 17.6. The van der Waals surface area contributed by atoms with Crippen LogP contribution >= 0.6 is 0 Å². The first-order valence-electron chi connectivity index (χ1n) is 9.29. The topological polar surface area (TPSA) is 93.5 Å². The van der Waals surface area contributed by atoms with E-state index in [0.29, 0.717) is 12.4 Å². The number of rotatable bonds is 4. The summed E-state index contributed by atoms with van der Waals surface area (Å²) in [6, 6.07) is 7.31. The second-order valence-electron chi connectivity index (χ2n) is 7.36. The van der Waals surface area contributed by atoms with Crippen LogP contribution in [-0.4, -0.2) is 27.7 Å². The van der Waals surface area contributed by atoms with Crippen molar-refractivity contribution in [1.82, 2.24) is 14.9 Å². The number of carbonyl (C=O) groups excluding carboxylic acids is 1. The molecule has 0 radical (unpaired) electrons. The average molecular weight is 369 g/mol. The van der Waals surface area contributed by atoms with E-state index in [2.05, 4.69) is 10.3 Å². The number of fused-ring (bicyclic) bond motifs is 2. The van der Waals surface area contributed by atoms with Gasteiger partial charge in [0.1, 0.15) is 11.6 Å². The van der Waals surface area contributed by atoms with Crippen LogP contribution in [0.1, 0.15) is 54.0 Å². The van der Waals surface area contributed by atoms with Crippen molar-refractivity contribution in [1.29, 1.82) is 0 Å². The average Bonchev–Trinajstić information content (AvgIpc) is 2.67. The number of amides is 1. The molecule has 1 aliphatic carbocycles. The molecule has 4 rings (SSSR count). The summed E-state index contributed by atoms with van der Waals surface area (Å²) < 4.78 is 6.67. The maximum absolute atomic E-state index is 12.6. The molecule has 0 saturated heterocycles. The van der Waals surface area contributed by atoms with Gasteiger partial charge in [-0.25, -0.2) is 4.98 Å². The molecular formula is C20H23N3O4. The van der Waals surface area contributed by atoms with Gasteiger partial charge in [-0.2, -0.15) is 0 Å². The van der Waals surface area contributed by atoms with Crippen molar-refractivity contribution in [2.75, 3.05) is 7.11 Å². The van der Waals surface area contributed by atoms with E-state index in [1.54, 1.807) is 11.7 Å². The summed E-state index contributed by atoms with van der Waals surface area (Å²) in [6.07, 6.45) is 4.96. The molecule has 0 atom stereocenters. The van der Waals surface area contributed by atoms with Crippen LogP contribution in [0.3, 0.4) is 0 Å². The molecule has 1 aliphatic heterocycles. The summed E-state index contributed by atoms with van der Waals surface area (Å²) in [5.74, 6) is 0.293. The van der Waals surface area contributed by atoms with Gasteiger partial charge in [-0.1, -0.05) is 18.6 Å². The summed E-state index contributed by atoms with van der Waals surface area (Å²) in [5.41, 5.74) is 0.0955. The first-order valence-corrected chi connectivity index (χ1v) is 9.29. The molecule has 1 aromatic heterocycles. The minimum atomic E-state index is -0.567. The Labute approximate surface area is 157 Å². The van der Waals surface area contributed by atoms with Crippen LogP contribution in [0.2, 0.25) is 0 Å². The SMILES string of the molecule is COc1ccc(CNC(=O)c2nc3n(c(=O)c2O)CCCC32CCC2)cc1. The van der Waals surface area contributed by atoms with Gasteiger partial charge in [0.05, 0.1) is 7.11 Å². The monoisotopic (exact) mass is 369 g/mol. The van der Waals surface area contributed by atoms with Crippen molar-refractivity contribution in [3.8, 4) is 11.5 Å². The number of ether oxygens (including phenoxy) is 1. The summed E-state index contributed by atoms with van der Waals surface area (Å²) in [6.45, 7) is 0.817. The molecule has 2 aliphatic rings. The first-order chi connectivity index (χ1) is 13.0. The molecular weight excluding hydrogens is 346 g/mol. The van der Waals surface area contributed by atoms with Gasteiger partial charge in [0.15, 0.2) is 5.69 Å².